The highest BCUT2D eigenvalue weighted by molar-refractivity contribution is 5.54. The second kappa shape index (κ2) is 5.48. The van der Waals surface area contributed by atoms with Crippen LogP contribution in [0, 0.1) is 6.92 Å². The topological polar surface area (TPSA) is 32.6 Å². The van der Waals surface area contributed by atoms with Crippen LogP contribution in [0.2, 0.25) is 0 Å². The Morgan fingerprint density at radius 3 is 2.57 bits per heavy atom. The molecule has 21 heavy (non-hydrogen) atoms. The largest absolute Gasteiger partial charge is 0.379 e. The Labute approximate surface area is 125 Å². The normalized spacial score (nSPS) is 10.8. The van der Waals surface area contributed by atoms with Crippen LogP contribution in [0.4, 0.5) is 11.4 Å². The van der Waals surface area contributed by atoms with Crippen molar-refractivity contribution < 1.29 is 0 Å². The smallest absolute Gasteiger partial charge is 0.137 e. The molecule has 0 saturated heterocycles. The fourth-order valence-electron chi connectivity index (χ4n) is 2.44. The van der Waals surface area contributed by atoms with Gasteiger partial charge in [0.25, 0.3) is 0 Å². The molecule has 0 aliphatic carbocycles. The van der Waals surface area contributed by atoms with E-state index in [0.29, 0.717) is 0 Å². The molecule has 1 aromatic carbocycles. The zero-order valence-electron chi connectivity index (χ0n) is 12.7. The number of aromatic nitrogens is 2. The van der Waals surface area contributed by atoms with Crippen molar-refractivity contribution >= 4 is 17.0 Å². The molecule has 0 atom stereocenters. The van der Waals surface area contributed by atoms with Gasteiger partial charge in [-0.2, -0.15) is 0 Å². The van der Waals surface area contributed by atoms with E-state index in [4.69, 9.17) is 0 Å². The molecular weight excluding hydrogens is 260 g/mol. The van der Waals surface area contributed by atoms with E-state index < -0.39 is 0 Å². The van der Waals surface area contributed by atoms with Crippen molar-refractivity contribution in [1.82, 2.24) is 9.38 Å². The van der Waals surface area contributed by atoms with Gasteiger partial charge in [-0.15, -0.1) is 0 Å². The Morgan fingerprint density at radius 1 is 1.10 bits per heavy atom. The van der Waals surface area contributed by atoms with Gasteiger partial charge in [0.15, 0.2) is 0 Å². The molecule has 4 heteroatoms. The predicted molar refractivity (Wildman–Crippen MR) is 88.0 cm³/mol. The van der Waals surface area contributed by atoms with Gasteiger partial charge in [-0.25, -0.2) is 4.98 Å². The lowest BCUT2D eigenvalue weighted by Crippen LogP contribution is -2.08. The van der Waals surface area contributed by atoms with Crippen LogP contribution in [0.25, 0.3) is 5.65 Å². The summed E-state index contributed by atoms with van der Waals surface area (Å²) in [4.78, 5) is 6.67. The summed E-state index contributed by atoms with van der Waals surface area (Å²) in [6, 6.07) is 14.5. The van der Waals surface area contributed by atoms with E-state index >= 15 is 0 Å². The van der Waals surface area contributed by atoms with Gasteiger partial charge >= 0.3 is 0 Å². The van der Waals surface area contributed by atoms with Gasteiger partial charge < -0.3 is 14.6 Å². The molecule has 3 aromatic rings. The maximum Gasteiger partial charge on any atom is 0.137 e. The maximum absolute atomic E-state index is 4.58. The summed E-state index contributed by atoms with van der Waals surface area (Å²) in [5.74, 6) is 0. The van der Waals surface area contributed by atoms with Crippen molar-refractivity contribution in [3.63, 3.8) is 0 Å². The van der Waals surface area contributed by atoms with Gasteiger partial charge in [0.2, 0.25) is 0 Å². The van der Waals surface area contributed by atoms with Gasteiger partial charge in [0, 0.05) is 31.7 Å². The van der Waals surface area contributed by atoms with Crippen molar-refractivity contribution in [1.29, 1.82) is 0 Å². The van der Waals surface area contributed by atoms with E-state index in [1.54, 1.807) is 0 Å². The highest BCUT2D eigenvalue weighted by Crippen LogP contribution is 2.18. The highest BCUT2D eigenvalue weighted by Gasteiger charge is 2.07. The average Bonchev–Trinajstić information content (AvgIpc) is 2.81. The van der Waals surface area contributed by atoms with E-state index in [9.17, 15) is 0 Å². The number of nitrogens with zero attached hydrogens (tertiary/aromatic N) is 3. The van der Waals surface area contributed by atoms with Crippen LogP contribution in [0.1, 0.15) is 11.4 Å². The number of rotatable bonds is 4. The minimum atomic E-state index is 0.762. The minimum absolute atomic E-state index is 0.762. The lowest BCUT2D eigenvalue weighted by atomic mass is 10.2. The number of aryl methyl sites for hydroxylation is 1. The first-order valence-corrected chi connectivity index (χ1v) is 7.09. The van der Waals surface area contributed by atoms with Crippen LogP contribution in [-0.4, -0.2) is 23.5 Å². The third-order valence-electron chi connectivity index (χ3n) is 3.67. The van der Waals surface area contributed by atoms with Crippen LogP contribution in [0.5, 0.6) is 0 Å². The Balaban J connectivity index is 1.78. The first-order chi connectivity index (χ1) is 10.1. The number of hydrogen-bond acceptors (Lipinski definition) is 3. The molecule has 2 heterocycles. The number of hydrogen-bond donors (Lipinski definition) is 1. The Kier molecular flexibility index (Phi) is 3.52. The monoisotopic (exact) mass is 280 g/mol. The van der Waals surface area contributed by atoms with E-state index in [-0.39, 0.29) is 0 Å². The predicted octanol–water partition coefficient (Wildman–Crippen LogP) is 3.32. The first-order valence-electron chi connectivity index (χ1n) is 7.09. The second-order valence-electron chi connectivity index (χ2n) is 5.37. The molecule has 2 aromatic heterocycles. The molecule has 4 nitrogen and oxygen atoms in total. The second-order valence-corrected chi connectivity index (χ2v) is 5.37. The lowest BCUT2D eigenvalue weighted by molar-refractivity contribution is 0.986. The van der Waals surface area contributed by atoms with Gasteiger partial charge in [0.1, 0.15) is 5.65 Å². The molecule has 0 radical (unpaired) electrons. The number of nitrogens with one attached hydrogen (secondary N) is 1. The van der Waals surface area contributed by atoms with Crippen molar-refractivity contribution in [3.8, 4) is 0 Å². The Bertz CT molecular complexity index is 741. The van der Waals surface area contributed by atoms with Crippen LogP contribution in [0.3, 0.4) is 0 Å². The van der Waals surface area contributed by atoms with Crippen LogP contribution in [0.15, 0.2) is 48.7 Å². The molecule has 0 spiro atoms. The molecule has 0 saturated carbocycles. The third kappa shape index (κ3) is 2.70. The molecule has 108 valence electrons. The summed E-state index contributed by atoms with van der Waals surface area (Å²) in [5.41, 5.74) is 5.58. The summed E-state index contributed by atoms with van der Waals surface area (Å²) in [6.45, 7) is 2.82. The van der Waals surface area contributed by atoms with Gasteiger partial charge in [-0.05, 0) is 43.3 Å². The fraction of sp³-hybridized carbons (Fsp3) is 0.235. The summed E-state index contributed by atoms with van der Waals surface area (Å²) < 4.78 is 2.14. The van der Waals surface area contributed by atoms with Gasteiger partial charge in [0.05, 0.1) is 17.9 Å². The number of imidazole rings is 1. The molecule has 0 unspecified atom stereocenters. The molecule has 0 aliphatic rings. The standard InChI is InChI=1S/C17H20N4/c1-13-16(21-11-5-4-6-17(21)19-13)12-18-14-7-9-15(10-8-14)20(2)3/h4-11,18H,12H2,1-3H3. The Morgan fingerprint density at radius 2 is 1.86 bits per heavy atom. The fourth-order valence-corrected chi connectivity index (χ4v) is 2.44. The average molecular weight is 280 g/mol. The molecule has 3 rings (SSSR count). The van der Waals surface area contributed by atoms with Crippen molar-refractivity contribution in [2.45, 2.75) is 13.5 Å². The number of benzene rings is 1. The van der Waals surface area contributed by atoms with Crippen LogP contribution < -0.4 is 10.2 Å². The van der Waals surface area contributed by atoms with Gasteiger partial charge in [-0.3, -0.25) is 0 Å². The van der Waals surface area contributed by atoms with Crippen molar-refractivity contribution in [3.05, 3.63) is 60.0 Å². The molecule has 1 N–H and O–H groups in total. The van der Waals surface area contributed by atoms with Crippen LogP contribution >= 0.6 is 0 Å². The maximum atomic E-state index is 4.58. The van der Waals surface area contributed by atoms with E-state index in [1.807, 2.05) is 32.3 Å². The molecule has 0 aliphatic heterocycles. The van der Waals surface area contributed by atoms with E-state index in [0.717, 1.165) is 23.6 Å². The summed E-state index contributed by atoms with van der Waals surface area (Å²) >= 11 is 0. The zero-order valence-corrected chi connectivity index (χ0v) is 12.7. The van der Waals surface area contributed by atoms with Crippen molar-refractivity contribution in [2.75, 3.05) is 24.3 Å². The number of fused-ring (bicyclic) bond motifs is 1. The van der Waals surface area contributed by atoms with Crippen molar-refractivity contribution in [2.24, 2.45) is 0 Å². The minimum Gasteiger partial charge on any atom is -0.379 e. The van der Waals surface area contributed by atoms with Gasteiger partial charge in [-0.1, -0.05) is 6.07 Å². The van der Waals surface area contributed by atoms with E-state index in [2.05, 4.69) is 57.0 Å². The lowest BCUT2D eigenvalue weighted by Gasteiger charge is -2.13. The zero-order chi connectivity index (χ0) is 14.8. The molecule has 0 bridgehead atoms. The number of pyridine rings is 1. The highest BCUT2D eigenvalue weighted by atomic mass is 15.1. The summed E-state index contributed by atoms with van der Waals surface area (Å²) in [5, 5.41) is 3.47. The molecular formula is C17H20N4. The summed E-state index contributed by atoms with van der Waals surface area (Å²) in [7, 11) is 4.09. The van der Waals surface area contributed by atoms with Crippen LogP contribution in [-0.2, 0) is 6.54 Å². The number of anilines is 2. The third-order valence-corrected chi connectivity index (χ3v) is 3.67. The molecule has 0 fully saturated rings. The Hall–Kier alpha value is -2.49. The quantitative estimate of drug-likeness (QED) is 0.795. The molecule has 0 amide bonds. The SMILES string of the molecule is Cc1nc2ccccn2c1CNc1ccc(N(C)C)cc1. The van der Waals surface area contributed by atoms with E-state index in [1.165, 1.54) is 11.4 Å². The first kappa shape index (κ1) is 13.5. The summed E-state index contributed by atoms with van der Waals surface area (Å²) in [6.07, 6.45) is 2.06.